The third kappa shape index (κ3) is 6.39. The fraction of sp³-hybridized carbons (Fsp3) is 0.933. The Bertz CT molecular complexity index is 259. The molecule has 19 heavy (non-hydrogen) atoms. The molecule has 1 saturated heterocycles. The topological polar surface area (TPSA) is 32.8 Å². The molecule has 1 atom stereocenters. The number of likely N-dealkylation sites (N-methyl/N-ethyl adjacent to an activating group) is 1. The smallest absolute Gasteiger partial charge is 0.305 e. The third-order valence-electron chi connectivity index (χ3n) is 3.99. The number of hydrogen-bond acceptors (Lipinski definition) is 4. The molecule has 1 fully saturated rings. The van der Waals surface area contributed by atoms with Gasteiger partial charge in [0, 0.05) is 32.1 Å². The maximum absolute atomic E-state index is 11.2. The summed E-state index contributed by atoms with van der Waals surface area (Å²) in [6.45, 7) is 9.36. The Labute approximate surface area is 118 Å². The summed E-state index contributed by atoms with van der Waals surface area (Å²) < 4.78 is 4.92. The second kappa shape index (κ2) is 9.32. The summed E-state index contributed by atoms with van der Waals surface area (Å²) in [6, 6.07) is 0.716. The molecule has 0 radical (unpaired) electrons. The number of carbonyl (C=O) groups excluding carboxylic acids is 1. The van der Waals surface area contributed by atoms with Crippen LogP contribution in [0.15, 0.2) is 0 Å². The van der Waals surface area contributed by atoms with Crippen molar-refractivity contribution < 1.29 is 9.53 Å². The van der Waals surface area contributed by atoms with E-state index in [9.17, 15) is 4.79 Å². The Hall–Kier alpha value is -0.610. The number of unbranched alkanes of at least 4 members (excludes halogenated alkanes) is 2. The second-order valence-electron chi connectivity index (χ2n) is 5.46. The number of esters is 1. The van der Waals surface area contributed by atoms with Crippen LogP contribution in [0, 0.1) is 0 Å². The van der Waals surface area contributed by atoms with E-state index in [0.717, 1.165) is 12.8 Å². The highest BCUT2D eigenvalue weighted by atomic mass is 16.5. The van der Waals surface area contributed by atoms with Gasteiger partial charge in [-0.3, -0.25) is 4.79 Å². The minimum atomic E-state index is -0.0480. The number of nitrogens with zero attached hydrogens (tertiary/aromatic N) is 2. The maximum Gasteiger partial charge on any atom is 0.305 e. The van der Waals surface area contributed by atoms with E-state index in [1.54, 1.807) is 0 Å². The number of rotatable bonds is 8. The first kappa shape index (κ1) is 16.4. The van der Waals surface area contributed by atoms with E-state index in [0.29, 0.717) is 19.1 Å². The van der Waals surface area contributed by atoms with Crippen LogP contribution in [-0.2, 0) is 9.53 Å². The van der Waals surface area contributed by atoms with Crippen molar-refractivity contribution >= 4 is 5.97 Å². The molecular weight excluding hydrogens is 240 g/mol. The molecule has 1 aliphatic heterocycles. The van der Waals surface area contributed by atoms with Gasteiger partial charge in [-0.25, -0.2) is 0 Å². The third-order valence-corrected chi connectivity index (χ3v) is 3.99. The lowest BCUT2D eigenvalue weighted by molar-refractivity contribution is -0.143. The number of piperazine rings is 1. The van der Waals surface area contributed by atoms with Crippen molar-refractivity contribution in [1.29, 1.82) is 0 Å². The standard InChI is InChI=1S/C15H30N2O2/c1-4-14-13-17(12-11-16(14)3)10-8-6-7-9-15(18)19-5-2/h14H,4-13H2,1-3H3. The van der Waals surface area contributed by atoms with Crippen molar-refractivity contribution in [3.05, 3.63) is 0 Å². The van der Waals surface area contributed by atoms with E-state index in [2.05, 4.69) is 23.8 Å². The van der Waals surface area contributed by atoms with Crippen LogP contribution >= 0.6 is 0 Å². The van der Waals surface area contributed by atoms with Crippen LogP contribution in [-0.4, -0.2) is 61.6 Å². The average Bonchev–Trinajstić information content (AvgIpc) is 2.40. The predicted molar refractivity (Wildman–Crippen MR) is 78.3 cm³/mol. The molecule has 0 aromatic heterocycles. The molecular formula is C15H30N2O2. The fourth-order valence-electron chi connectivity index (χ4n) is 2.67. The summed E-state index contributed by atoms with van der Waals surface area (Å²) in [5, 5.41) is 0. The first-order valence-electron chi connectivity index (χ1n) is 7.75. The lowest BCUT2D eigenvalue weighted by Crippen LogP contribution is -2.51. The van der Waals surface area contributed by atoms with E-state index in [4.69, 9.17) is 4.74 Å². The first-order chi connectivity index (χ1) is 9.17. The van der Waals surface area contributed by atoms with Gasteiger partial charge >= 0.3 is 5.97 Å². The van der Waals surface area contributed by atoms with Gasteiger partial charge in [0.1, 0.15) is 0 Å². The summed E-state index contributed by atoms with van der Waals surface area (Å²) in [7, 11) is 2.23. The molecule has 0 aromatic carbocycles. The SMILES string of the molecule is CCOC(=O)CCCCCN1CCN(C)C(CC)C1. The highest BCUT2D eigenvalue weighted by Crippen LogP contribution is 2.12. The molecule has 0 spiro atoms. The van der Waals surface area contributed by atoms with Crippen LogP contribution in [0.4, 0.5) is 0 Å². The molecule has 1 rings (SSSR count). The van der Waals surface area contributed by atoms with Crippen molar-refractivity contribution in [2.45, 2.75) is 52.0 Å². The molecule has 0 aromatic rings. The van der Waals surface area contributed by atoms with E-state index in [-0.39, 0.29) is 5.97 Å². The molecule has 112 valence electrons. The van der Waals surface area contributed by atoms with Gasteiger partial charge in [-0.15, -0.1) is 0 Å². The van der Waals surface area contributed by atoms with Crippen molar-refractivity contribution in [1.82, 2.24) is 9.80 Å². The van der Waals surface area contributed by atoms with Crippen LogP contribution in [0.25, 0.3) is 0 Å². The van der Waals surface area contributed by atoms with Gasteiger partial charge in [0.15, 0.2) is 0 Å². The van der Waals surface area contributed by atoms with Gasteiger partial charge in [0.05, 0.1) is 6.61 Å². The highest BCUT2D eigenvalue weighted by molar-refractivity contribution is 5.69. The van der Waals surface area contributed by atoms with Crippen LogP contribution in [0.3, 0.4) is 0 Å². The second-order valence-corrected chi connectivity index (χ2v) is 5.46. The Morgan fingerprint density at radius 1 is 1.21 bits per heavy atom. The molecule has 4 nitrogen and oxygen atoms in total. The Balaban J connectivity index is 2.05. The molecule has 0 aliphatic carbocycles. The predicted octanol–water partition coefficient (Wildman–Crippen LogP) is 2.14. The van der Waals surface area contributed by atoms with Crippen molar-refractivity contribution in [3.63, 3.8) is 0 Å². The Morgan fingerprint density at radius 2 is 2.00 bits per heavy atom. The molecule has 0 saturated carbocycles. The quantitative estimate of drug-likeness (QED) is 0.500. The average molecular weight is 270 g/mol. The minimum Gasteiger partial charge on any atom is -0.466 e. The molecule has 4 heteroatoms. The zero-order chi connectivity index (χ0) is 14.1. The van der Waals surface area contributed by atoms with Crippen LogP contribution < -0.4 is 0 Å². The van der Waals surface area contributed by atoms with Crippen LogP contribution in [0.1, 0.15) is 46.0 Å². The van der Waals surface area contributed by atoms with Crippen molar-refractivity contribution in [2.75, 3.05) is 39.8 Å². The summed E-state index contributed by atoms with van der Waals surface area (Å²) in [4.78, 5) is 16.2. The molecule has 1 unspecified atom stereocenters. The number of carbonyl (C=O) groups is 1. The monoisotopic (exact) mass is 270 g/mol. The van der Waals surface area contributed by atoms with Gasteiger partial charge in [-0.2, -0.15) is 0 Å². The summed E-state index contributed by atoms with van der Waals surface area (Å²) >= 11 is 0. The number of hydrogen-bond donors (Lipinski definition) is 0. The molecule has 0 N–H and O–H groups in total. The molecule has 1 heterocycles. The van der Waals surface area contributed by atoms with Gasteiger partial charge in [0.25, 0.3) is 0 Å². The van der Waals surface area contributed by atoms with E-state index < -0.39 is 0 Å². The van der Waals surface area contributed by atoms with Gasteiger partial charge in [-0.05, 0) is 39.8 Å². The van der Waals surface area contributed by atoms with E-state index in [1.165, 1.54) is 39.0 Å². The van der Waals surface area contributed by atoms with Crippen molar-refractivity contribution in [2.24, 2.45) is 0 Å². The van der Waals surface area contributed by atoms with Crippen LogP contribution in [0.2, 0.25) is 0 Å². The number of ether oxygens (including phenoxy) is 1. The van der Waals surface area contributed by atoms with Gasteiger partial charge in [0.2, 0.25) is 0 Å². The lowest BCUT2D eigenvalue weighted by Gasteiger charge is -2.39. The van der Waals surface area contributed by atoms with Crippen LogP contribution in [0.5, 0.6) is 0 Å². The van der Waals surface area contributed by atoms with Gasteiger partial charge < -0.3 is 14.5 Å². The minimum absolute atomic E-state index is 0.0480. The Kier molecular flexibility index (Phi) is 8.07. The largest absolute Gasteiger partial charge is 0.466 e. The Morgan fingerprint density at radius 3 is 2.68 bits per heavy atom. The first-order valence-corrected chi connectivity index (χ1v) is 7.75. The summed E-state index contributed by atoms with van der Waals surface area (Å²) in [5.41, 5.74) is 0. The van der Waals surface area contributed by atoms with Gasteiger partial charge in [-0.1, -0.05) is 13.3 Å². The highest BCUT2D eigenvalue weighted by Gasteiger charge is 2.21. The zero-order valence-electron chi connectivity index (χ0n) is 12.9. The molecule has 0 amide bonds. The molecule has 0 bridgehead atoms. The maximum atomic E-state index is 11.2. The van der Waals surface area contributed by atoms with E-state index >= 15 is 0 Å². The summed E-state index contributed by atoms with van der Waals surface area (Å²) in [6.07, 6.45) is 5.09. The lowest BCUT2D eigenvalue weighted by atomic mass is 10.1. The summed E-state index contributed by atoms with van der Waals surface area (Å²) in [5.74, 6) is -0.0480. The molecule has 1 aliphatic rings. The zero-order valence-corrected chi connectivity index (χ0v) is 12.9. The van der Waals surface area contributed by atoms with Crippen molar-refractivity contribution in [3.8, 4) is 0 Å². The fourth-order valence-corrected chi connectivity index (χ4v) is 2.67. The normalized spacial score (nSPS) is 21.5. The van der Waals surface area contributed by atoms with E-state index in [1.807, 2.05) is 6.92 Å².